The van der Waals surface area contributed by atoms with Gasteiger partial charge in [0.2, 0.25) is 5.91 Å². The first-order chi connectivity index (χ1) is 13.6. The van der Waals surface area contributed by atoms with Gasteiger partial charge in [-0.25, -0.2) is 4.98 Å². The zero-order valence-corrected chi connectivity index (χ0v) is 17.1. The number of nitrogens with one attached hydrogen (secondary N) is 2. The molecule has 0 aliphatic rings. The molecule has 0 unspecified atom stereocenters. The van der Waals surface area contributed by atoms with Crippen molar-refractivity contribution in [3.63, 3.8) is 0 Å². The van der Waals surface area contributed by atoms with Gasteiger partial charge in [0.15, 0.2) is 5.13 Å². The summed E-state index contributed by atoms with van der Waals surface area (Å²) in [6.45, 7) is 0.451. The van der Waals surface area contributed by atoms with E-state index in [-0.39, 0.29) is 12.3 Å². The molecule has 146 valence electrons. The molecule has 0 bridgehead atoms. The molecule has 0 aliphatic heterocycles. The highest BCUT2D eigenvalue weighted by Crippen LogP contribution is 2.32. The molecule has 0 saturated carbocycles. The van der Waals surface area contributed by atoms with Crippen LogP contribution in [0.4, 0.5) is 10.8 Å². The second-order valence-electron chi connectivity index (χ2n) is 5.92. The number of nitrogens with zero attached hydrogens (tertiary/aromatic N) is 1. The monoisotopic (exact) mass is 417 g/mol. The van der Waals surface area contributed by atoms with Crippen LogP contribution in [0.15, 0.2) is 47.8 Å². The van der Waals surface area contributed by atoms with Gasteiger partial charge in [0.25, 0.3) is 0 Å². The maximum Gasteiger partial charge on any atom is 0.226 e. The van der Waals surface area contributed by atoms with Gasteiger partial charge in [-0.2, -0.15) is 0 Å². The van der Waals surface area contributed by atoms with E-state index in [0.717, 1.165) is 11.3 Å². The summed E-state index contributed by atoms with van der Waals surface area (Å²) in [7, 11) is 3.21. The van der Waals surface area contributed by atoms with Gasteiger partial charge in [0, 0.05) is 23.0 Å². The van der Waals surface area contributed by atoms with Crippen LogP contribution in [-0.2, 0) is 17.8 Å². The lowest BCUT2D eigenvalue weighted by molar-refractivity contribution is -0.120. The summed E-state index contributed by atoms with van der Waals surface area (Å²) in [5.41, 5.74) is 2.43. The molecule has 0 fully saturated rings. The van der Waals surface area contributed by atoms with Crippen molar-refractivity contribution < 1.29 is 14.3 Å². The average Bonchev–Trinajstić information content (AvgIpc) is 3.14. The standard InChI is InChI=1S/C20H20ClN3O3S/c1-26-16-7-8-18(27-2)17(10-16)24-20-23-15(12-28-20)9-19(25)22-11-13-3-5-14(21)6-4-13/h3-8,10,12H,9,11H2,1-2H3,(H,22,25)(H,23,24). The van der Waals surface area contributed by atoms with E-state index in [1.807, 2.05) is 35.7 Å². The number of hydrogen-bond donors (Lipinski definition) is 2. The van der Waals surface area contributed by atoms with E-state index in [0.29, 0.717) is 33.9 Å². The molecule has 3 rings (SSSR count). The largest absolute Gasteiger partial charge is 0.497 e. The van der Waals surface area contributed by atoms with Crippen LogP contribution in [0.3, 0.4) is 0 Å². The fourth-order valence-electron chi connectivity index (χ4n) is 2.50. The summed E-state index contributed by atoms with van der Waals surface area (Å²) in [4.78, 5) is 16.7. The van der Waals surface area contributed by atoms with Crippen molar-refractivity contribution in [2.24, 2.45) is 0 Å². The van der Waals surface area contributed by atoms with E-state index >= 15 is 0 Å². The Kier molecular flexibility index (Phi) is 6.73. The number of thiazole rings is 1. The predicted molar refractivity (Wildman–Crippen MR) is 112 cm³/mol. The number of ether oxygens (including phenoxy) is 2. The van der Waals surface area contributed by atoms with Gasteiger partial charge in [-0.1, -0.05) is 23.7 Å². The van der Waals surface area contributed by atoms with Crippen LogP contribution in [-0.4, -0.2) is 25.1 Å². The molecule has 1 heterocycles. The summed E-state index contributed by atoms with van der Waals surface area (Å²) < 4.78 is 10.6. The average molecular weight is 418 g/mol. The molecule has 2 N–H and O–H groups in total. The summed E-state index contributed by atoms with van der Waals surface area (Å²) in [5.74, 6) is 1.30. The Morgan fingerprint density at radius 2 is 1.93 bits per heavy atom. The molecule has 0 atom stereocenters. The fraction of sp³-hybridized carbons (Fsp3) is 0.200. The van der Waals surface area contributed by atoms with Crippen molar-refractivity contribution in [3.05, 3.63) is 64.1 Å². The molecule has 8 heteroatoms. The molecule has 0 saturated heterocycles. The van der Waals surface area contributed by atoms with Crippen LogP contribution in [0.2, 0.25) is 5.02 Å². The number of carbonyl (C=O) groups is 1. The molecule has 1 amide bonds. The fourth-order valence-corrected chi connectivity index (χ4v) is 3.35. The molecule has 1 aromatic heterocycles. The Morgan fingerprint density at radius 1 is 1.14 bits per heavy atom. The number of carbonyl (C=O) groups excluding carboxylic acids is 1. The van der Waals surface area contributed by atoms with Crippen molar-refractivity contribution in [1.29, 1.82) is 0 Å². The van der Waals surface area contributed by atoms with Crippen molar-refractivity contribution in [3.8, 4) is 11.5 Å². The van der Waals surface area contributed by atoms with Crippen molar-refractivity contribution in [1.82, 2.24) is 10.3 Å². The highest BCUT2D eigenvalue weighted by Gasteiger charge is 2.11. The molecular formula is C20H20ClN3O3S. The van der Waals surface area contributed by atoms with E-state index in [9.17, 15) is 4.79 Å². The molecular weight excluding hydrogens is 398 g/mol. The van der Waals surface area contributed by atoms with Crippen LogP contribution in [0.25, 0.3) is 0 Å². The van der Waals surface area contributed by atoms with Crippen molar-refractivity contribution in [2.75, 3.05) is 19.5 Å². The van der Waals surface area contributed by atoms with Crippen molar-refractivity contribution in [2.45, 2.75) is 13.0 Å². The number of amides is 1. The normalized spacial score (nSPS) is 10.4. The third-order valence-electron chi connectivity index (χ3n) is 3.94. The molecule has 2 aromatic carbocycles. The molecule has 0 spiro atoms. The molecule has 0 radical (unpaired) electrons. The smallest absolute Gasteiger partial charge is 0.226 e. The second kappa shape index (κ2) is 9.43. The number of aromatic nitrogens is 1. The van der Waals surface area contributed by atoms with Crippen LogP contribution in [0, 0.1) is 0 Å². The maximum absolute atomic E-state index is 12.2. The predicted octanol–water partition coefficient (Wildman–Crippen LogP) is 4.42. The number of benzene rings is 2. The second-order valence-corrected chi connectivity index (χ2v) is 7.21. The Hall–Kier alpha value is -2.77. The van der Waals surface area contributed by atoms with Gasteiger partial charge in [0.05, 0.1) is 32.0 Å². The van der Waals surface area contributed by atoms with Gasteiger partial charge in [0.1, 0.15) is 11.5 Å². The quantitative estimate of drug-likeness (QED) is 0.567. The minimum Gasteiger partial charge on any atom is -0.497 e. The van der Waals surface area contributed by atoms with Crippen molar-refractivity contribution >= 4 is 39.7 Å². The Labute approximate surface area is 172 Å². The molecule has 3 aromatic rings. The lowest BCUT2D eigenvalue weighted by Gasteiger charge is -2.10. The van der Waals surface area contributed by atoms with Crippen LogP contribution >= 0.6 is 22.9 Å². The zero-order chi connectivity index (χ0) is 19.9. The van der Waals surface area contributed by atoms with Gasteiger partial charge in [-0.3, -0.25) is 4.79 Å². The Bertz CT molecular complexity index is 944. The van der Waals surface area contributed by atoms with Crippen LogP contribution < -0.4 is 20.1 Å². The number of rotatable bonds is 8. The third-order valence-corrected chi connectivity index (χ3v) is 5.00. The van der Waals surface area contributed by atoms with Crippen LogP contribution in [0.1, 0.15) is 11.3 Å². The first kappa shape index (κ1) is 20.0. The number of halogens is 1. The first-order valence-corrected chi connectivity index (χ1v) is 9.77. The minimum atomic E-state index is -0.0919. The van der Waals surface area contributed by atoms with E-state index in [4.69, 9.17) is 21.1 Å². The highest BCUT2D eigenvalue weighted by molar-refractivity contribution is 7.13. The SMILES string of the molecule is COc1ccc(OC)c(Nc2nc(CC(=O)NCc3ccc(Cl)cc3)cs2)c1. The zero-order valence-electron chi connectivity index (χ0n) is 15.5. The van der Waals surface area contributed by atoms with Gasteiger partial charge in [-0.15, -0.1) is 11.3 Å². The lowest BCUT2D eigenvalue weighted by Crippen LogP contribution is -2.24. The molecule has 28 heavy (non-hydrogen) atoms. The summed E-state index contributed by atoms with van der Waals surface area (Å²) >= 11 is 7.28. The van der Waals surface area contributed by atoms with Gasteiger partial charge < -0.3 is 20.1 Å². The summed E-state index contributed by atoms with van der Waals surface area (Å²) in [5, 5.41) is 9.30. The first-order valence-electron chi connectivity index (χ1n) is 8.52. The van der Waals surface area contributed by atoms with E-state index < -0.39 is 0 Å². The van der Waals surface area contributed by atoms with Crippen LogP contribution in [0.5, 0.6) is 11.5 Å². The van der Waals surface area contributed by atoms with E-state index in [1.165, 1.54) is 11.3 Å². The van der Waals surface area contributed by atoms with E-state index in [2.05, 4.69) is 15.6 Å². The topological polar surface area (TPSA) is 72.5 Å². The van der Waals surface area contributed by atoms with Gasteiger partial charge >= 0.3 is 0 Å². The maximum atomic E-state index is 12.2. The number of hydrogen-bond acceptors (Lipinski definition) is 6. The summed E-state index contributed by atoms with van der Waals surface area (Å²) in [6.07, 6.45) is 0.209. The minimum absolute atomic E-state index is 0.0919. The summed E-state index contributed by atoms with van der Waals surface area (Å²) in [6, 6.07) is 12.8. The van der Waals surface area contributed by atoms with E-state index in [1.54, 1.807) is 26.4 Å². The Balaban J connectivity index is 1.58. The molecule has 6 nitrogen and oxygen atoms in total. The third kappa shape index (κ3) is 5.37. The number of methoxy groups -OCH3 is 2. The highest BCUT2D eigenvalue weighted by atomic mass is 35.5. The lowest BCUT2D eigenvalue weighted by atomic mass is 10.2. The molecule has 0 aliphatic carbocycles. The Morgan fingerprint density at radius 3 is 2.64 bits per heavy atom. The number of anilines is 2. The van der Waals surface area contributed by atoms with Gasteiger partial charge in [-0.05, 0) is 29.8 Å².